The number of benzene rings is 2. The third kappa shape index (κ3) is 3.64. The highest BCUT2D eigenvalue weighted by Crippen LogP contribution is 2.20. The van der Waals surface area contributed by atoms with Crippen LogP contribution in [0.25, 0.3) is 5.69 Å². The van der Waals surface area contributed by atoms with Gasteiger partial charge in [0, 0.05) is 17.4 Å². The summed E-state index contributed by atoms with van der Waals surface area (Å²) in [7, 11) is 0. The van der Waals surface area contributed by atoms with Gasteiger partial charge in [-0.1, -0.05) is 30.3 Å². The van der Waals surface area contributed by atoms with Gasteiger partial charge in [-0.2, -0.15) is 0 Å². The van der Waals surface area contributed by atoms with Crippen LogP contribution in [-0.4, -0.2) is 28.0 Å². The van der Waals surface area contributed by atoms with Crippen molar-refractivity contribution in [2.45, 2.75) is 6.92 Å². The standard InChI is InChI=1S/C21H17NO5/c1-2-27-21(26)17-12-14(19(24)16-10-6-7-11-18(16)23)13-22(20(17)25)15-8-4-3-5-9-15/h3-13,23H,2H2,1H3. The van der Waals surface area contributed by atoms with Gasteiger partial charge in [-0.05, 0) is 37.3 Å². The molecule has 0 bridgehead atoms. The maximum Gasteiger partial charge on any atom is 0.343 e. The number of pyridine rings is 1. The van der Waals surface area contributed by atoms with Crippen LogP contribution in [0.1, 0.15) is 33.2 Å². The first-order valence-electron chi connectivity index (χ1n) is 8.35. The molecule has 0 fully saturated rings. The zero-order valence-electron chi connectivity index (χ0n) is 14.6. The zero-order chi connectivity index (χ0) is 19.4. The van der Waals surface area contributed by atoms with E-state index in [0.29, 0.717) is 5.69 Å². The minimum atomic E-state index is -0.806. The van der Waals surface area contributed by atoms with Gasteiger partial charge in [0.05, 0.1) is 12.2 Å². The maximum absolute atomic E-state index is 12.9. The molecule has 1 aromatic heterocycles. The fourth-order valence-corrected chi connectivity index (χ4v) is 2.66. The summed E-state index contributed by atoms with van der Waals surface area (Å²) in [6, 6.07) is 15.9. The smallest absolute Gasteiger partial charge is 0.343 e. The van der Waals surface area contributed by atoms with Crippen LogP contribution < -0.4 is 5.56 Å². The fraction of sp³-hybridized carbons (Fsp3) is 0.0952. The molecule has 0 aliphatic carbocycles. The fourth-order valence-electron chi connectivity index (χ4n) is 2.66. The second-order valence-corrected chi connectivity index (χ2v) is 5.72. The number of aromatic nitrogens is 1. The number of carbonyl (C=O) groups is 2. The Morgan fingerprint density at radius 1 is 1.00 bits per heavy atom. The lowest BCUT2D eigenvalue weighted by Crippen LogP contribution is -2.27. The number of ketones is 1. The van der Waals surface area contributed by atoms with Crippen molar-refractivity contribution in [1.82, 2.24) is 4.57 Å². The van der Waals surface area contributed by atoms with Gasteiger partial charge >= 0.3 is 5.97 Å². The number of aromatic hydroxyl groups is 1. The molecular weight excluding hydrogens is 346 g/mol. The Kier molecular flexibility index (Phi) is 5.17. The molecule has 1 heterocycles. The van der Waals surface area contributed by atoms with Crippen molar-refractivity contribution < 1.29 is 19.4 Å². The lowest BCUT2D eigenvalue weighted by Gasteiger charge is -2.11. The highest BCUT2D eigenvalue weighted by molar-refractivity contribution is 6.11. The Bertz CT molecular complexity index is 1050. The molecule has 0 aliphatic rings. The lowest BCUT2D eigenvalue weighted by molar-refractivity contribution is 0.0524. The lowest BCUT2D eigenvalue weighted by atomic mass is 10.0. The van der Waals surface area contributed by atoms with Gasteiger partial charge in [0.1, 0.15) is 11.3 Å². The highest BCUT2D eigenvalue weighted by atomic mass is 16.5. The van der Waals surface area contributed by atoms with Crippen molar-refractivity contribution in [3.8, 4) is 11.4 Å². The van der Waals surface area contributed by atoms with Crippen LogP contribution in [0, 0.1) is 0 Å². The Morgan fingerprint density at radius 2 is 1.67 bits per heavy atom. The minimum Gasteiger partial charge on any atom is -0.507 e. The quantitative estimate of drug-likeness (QED) is 0.556. The average Bonchev–Trinajstić information content (AvgIpc) is 2.69. The van der Waals surface area contributed by atoms with Crippen molar-refractivity contribution in [1.29, 1.82) is 0 Å². The van der Waals surface area contributed by atoms with E-state index in [1.165, 1.54) is 29.0 Å². The van der Waals surface area contributed by atoms with E-state index in [1.807, 2.05) is 0 Å². The zero-order valence-corrected chi connectivity index (χ0v) is 14.6. The number of phenols is 1. The highest BCUT2D eigenvalue weighted by Gasteiger charge is 2.21. The molecule has 0 aliphatic heterocycles. The van der Waals surface area contributed by atoms with Crippen molar-refractivity contribution in [2.24, 2.45) is 0 Å². The molecular formula is C21H17NO5. The van der Waals surface area contributed by atoms with Crippen LogP contribution in [-0.2, 0) is 4.74 Å². The summed E-state index contributed by atoms with van der Waals surface area (Å²) >= 11 is 0. The molecule has 0 spiro atoms. The van der Waals surface area contributed by atoms with Gasteiger partial charge in [-0.25, -0.2) is 4.79 Å². The average molecular weight is 363 g/mol. The number of nitrogens with zero attached hydrogens (tertiary/aromatic N) is 1. The van der Waals surface area contributed by atoms with E-state index >= 15 is 0 Å². The number of ether oxygens (including phenoxy) is 1. The number of phenolic OH excluding ortho intramolecular Hbond substituents is 1. The van der Waals surface area contributed by atoms with Gasteiger partial charge in [-0.3, -0.25) is 14.2 Å². The van der Waals surface area contributed by atoms with Crippen LogP contribution >= 0.6 is 0 Å². The van der Waals surface area contributed by atoms with Gasteiger partial charge < -0.3 is 9.84 Å². The molecule has 6 nitrogen and oxygen atoms in total. The summed E-state index contributed by atoms with van der Waals surface area (Å²) < 4.78 is 6.17. The molecule has 3 aromatic rings. The van der Waals surface area contributed by atoms with Crippen LogP contribution in [0.4, 0.5) is 0 Å². The van der Waals surface area contributed by atoms with E-state index < -0.39 is 17.3 Å². The number of hydrogen-bond acceptors (Lipinski definition) is 5. The van der Waals surface area contributed by atoms with Crippen molar-refractivity contribution >= 4 is 11.8 Å². The Morgan fingerprint density at radius 3 is 2.33 bits per heavy atom. The van der Waals surface area contributed by atoms with Crippen LogP contribution in [0.3, 0.4) is 0 Å². The summed E-state index contributed by atoms with van der Waals surface area (Å²) in [4.78, 5) is 37.9. The number of hydrogen-bond donors (Lipinski definition) is 1. The minimum absolute atomic E-state index is 0.0746. The molecule has 136 valence electrons. The number of esters is 1. The van der Waals surface area contributed by atoms with Crippen LogP contribution in [0.15, 0.2) is 71.7 Å². The van der Waals surface area contributed by atoms with Crippen LogP contribution in [0.2, 0.25) is 0 Å². The summed E-state index contributed by atoms with van der Waals surface area (Å²) in [5.41, 5.74) is -0.177. The van der Waals surface area contributed by atoms with E-state index in [4.69, 9.17) is 4.74 Å². The molecule has 0 saturated carbocycles. The Labute approximate surface area is 155 Å². The summed E-state index contributed by atoms with van der Waals surface area (Å²) in [5, 5.41) is 9.96. The third-order valence-corrected chi connectivity index (χ3v) is 3.96. The van der Waals surface area contributed by atoms with E-state index in [9.17, 15) is 19.5 Å². The molecule has 0 saturated heterocycles. The summed E-state index contributed by atoms with van der Waals surface area (Å²) in [6.45, 7) is 1.73. The first kappa shape index (κ1) is 18.1. The predicted octanol–water partition coefficient (Wildman–Crippen LogP) is 2.95. The Hall–Kier alpha value is -3.67. The topological polar surface area (TPSA) is 85.6 Å². The summed E-state index contributed by atoms with van der Waals surface area (Å²) in [5.74, 6) is -1.50. The second-order valence-electron chi connectivity index (χ2n) is 5.72. The SMILES string of the molecule is CCOC(=O)c1cc(C(=O)c2ccccc2O)cn(-c2ccccc2)c1=O. The van der Waals surface area contributed by atoms with Gasteiger partial charge in [0.15, 0.2) is 5.78 Å². The largest absolute Gasteiger partial charge is 0.507 e. The van der Waals surface area contributed by atoms with E-state index in [-0.39, 0.29) is 29.0 Å². The third-order valence-electron chi connectivity index (χ3n) is 3.96. The van der Waals surface area contributed by atoms with E-state index in [2.05, 4.69) is 0 Å². The van der Waals surface area contributed by atoms with E-state index in [0.717, 1.165) is 0 Å². The van der Waals surface area contributed by atoms with Gasteiger partial charge in [-0.15, -0.1) is 0 Å². The number of para-hydroxylation sites is 2. The van der Waals surface area contributed by atoms with Crippen molar-refractivity contribution in [3.05, 3.63) is 93.9 Å². The monoisotopic (exact) mass is 363 g/mol. The normalized spacial score (nSPS) is 10.4. The molecule has 2 aromatic carbocycles. The molecule has 0 radical (unpaired) electrons. The maximum atomic E-state index is 12.9. The number of rotatable bonds is 5. The second kappa shape index (κ2) is 7.70. The molecule has 0 unspecified atom stereocenters. The molecule has 6 heteroatoms. The summed E-state index contributed by atoms with van der Waals surface area (Å²) in [6.07, 6.45) is 1.36. The molecule has 0 amide bonds. The van der Waals surface area contributed by atoms with Crippen molar-refractivity contribution in [3.63, 3.8) is 0 Å². The van der Waals surface area contributed by atoms with Gasteiger partial charge in [0.2, 0.25) is 0 Å². The van der Waals surface area contributed by atoms with Crippen molar-refractivity contribution in [2.75, 3.05) is 6.61 Å². The molecule has 0 atom stereocenters. The molecule has 1 N–H and O–H groups in total. The van der Waals surface area contributed by atoms with E-state index in [1.54, 1.807) is 49.4 Å². The number of carbonyl (C=O) groups excluding carboxylic acids is 2. The Balaban J connectivity index is 2.21. The van der Waals surface area contributed by atoms with Gasteiger partial charge in [0.25, 0.3) is 5.56 Å². The first-order chi connectivity index (χ1) is 13.0. The molecule has 3 rings (SSSR count). The van der Waals surface area contributed by atoms with Crippen LogP contribution in [0.5, 0.6) is 5.75 Å². The predicted molar refractivity (Wildman–Crippen MR) is 99.5 cm³/mol. The first-order valence-corrected chi connectivity index (χ1v) is 8.35. The molecule has 27 heavy (non-hydrogen) atoms.